The molecule has 1 aromatic heterocycles. The Morgan fingerprint density at radius 2 is 2.12 bits per heavy atom. The van der Waals surface area contributed by atoms with Crippen molar-refractivity contribution in [1.29, 1.82) is 0 Å². The van der Waals surface area contributed by atoms with Crippen LogP contribution in [0, 0.1) is 0 Å². The van der Waals surface area contributed by atoms with Crippen LogP contribution in [0.15, 0.2) is 30.9 Å². The Bertz CT molecular complexity index is 594. The summed E-state index contributed by atoms with van der Waals surface area (Å²) in [6, 6.07) is 4.94. The lowest BCUT2D eigenvalue weighted by atomic mass is 9.87. The van der Waals surface area contributed by atoms with Crippen LogP contribution in [-0.4, -0.2) is 16.4 Å². The van der Waals surface area contributed by atoms with Gasteiger partial charge >= 0.3 is 0 Å². The predicted molar refractivity (Wildman–Crippen MR) is 68.6 cm³/mol. The SMILES string of the molecule is C=CC(C)(C)c1[nH]c2cc(O)ccc2c1C=O. The Labute approximate surface area is 99.8 Å². The number of aldehydes is 1. The standard InChI is InChI=1S/C14H15NO2/c1-4-14(2,3)13-11(8-16)10-6-5-9(17)7-12(10)15-13/h4-8,15,17H,1H2,2-3H3. The van der Waals surface area contributed by atoms with Crippen LogP contribution in [0.1, 0.15) is 29.9 Å². The number of benzene rings is 1. The number of aromatic amines is 1. The van der Waals surface area contributed by atoms with Crippen molar-refractivity contribution >= 4 is 17.2 Å². The molecule has 0 unspecified atom stereocenters. The summed E-state index contributed by atoms with van der Waals surface area (Å²) in [6.45, 7) is 7.75. The Hall–Kier alpha value is -2.03. The molecule has 0 spiro atoms. The molecule has 0 saturated carbocycles. The number of rotatable bonds is 3. The molecular formula is C14H15NO2. The Morgan fingerprint density at radius 3 is 2.71 bits per heavy atom. The van der Waals surface area contributed by atoms with E-state index >= 15 is 0 Å². The van der Waals surface area contributed by atoms with Gasteiger partial charge in [0.05, 0.1) is 5.52 Å². The Kier molecular flexibility index (Phi) is 2.54. The number of nitrogens with one attached hydrogen (secondary N) is 1. The molecule has 1 aromatic carbocycles. The molecule has 0 saturated heterocycles. The van der Waals surface area contributed by atoms with Gasteiger partial charge in [-0.15, -0.1) is 6.58 Å². The van der Waals surface area contributed by atoms with E-state index in [1.807, 2.05) is 13.8 Å². The zero-order valence-corrected chi connectivity index (χ0v) is 9.95. The average molecular weight is 229 g/mol. The number of fused-ring (bicyclic) bond motifs is 1. The maximum Gasteiger partial charge on any atom is 0.152 e. The number of aromatic nitrogens is 1. The molecule has 3 heteroatoms. The van der Waals surface area contributed by atoms with Gasteiger partial charge in [0.15, 0.2) is 6.29 Å². The first-order valence-corrected chi connectivity index (χ1v) is 5.43. The molecule has 88 valence electrons. The number of phenolic OH excluding ortho intramolecular Hbond substituents is 1. The summed E-state index contributed by atoms with van der Waals surface area (Å²) < 4.78 is 0. The first-order valence-electron chi connectivity index (χ1n) is 5.43. The van der Waals surface area contributed by atoms with Gasteiger partial charge in [-0.05, 0) is 12.1 Å². The third kappa shape index (κ3) is 1.73. The zero-order chi connectivity index (χ0) is 12.6. The Balaban J connectivity index is 2.80. The monoisotopic (exact) mass is 229 g/mol. The van der Waals surface area contributed by atoms with Gasteiger partial charge in [-0.1, -0.05) is 19.9 Å². The van der Waals surface area contributed by atoms with E-state index < -0.39 is 0 Å². The summed E-state index contributed by atoms with van der Waals surface area (Å²) in [5.41, 5.74) is 1.90. The molecule has 0 radical (unpaired) electrons. The lowest BCUT2D eigenvalue weighted by Crippen LogP contribution is -2.15. The predicted octanol–water partition coefficient (Wildman–Crippen LogP) is 3.15. The molecule has 0 aliphatic heterocycles. The van der Waals surface area contributed by atoms with Gasteiger partial charge in [0.2, 0.25) is 0 Å². The highest BCUT2D eigenvalue weighted by molar-refractivity contribution is 5.99. The molecule has 2 N–H and O–H groups in total. The van der Waals surface area contributed by atoms with E-state index in [0.29, 0.717) is 5.56 Å². The van der Waals surface area contributed by atoms with Crippen molar-refractivity contribution in [2.24, 2.45) is 0 Å². The van der Waals surface area contributed by atoms with Gasteiger partial charge in [-0.2, -0.15) is 0 Å². The van der Waals surface area contributed by atoms with Crippen molar-refractivity contribution in [2.45, 2.75) is 19.3 Å². The fourth-order valence-corrected chi connectivity index (χ4v) is 1.94. The minimum atomic E-state index is -0.315. The number of hydrogen-bond donors (Lipinski definition) is 2. The van der Waals surface area contributed by atoms with Crippen LogP contribution in [-0.2, 0) is 5.41 Å². The lowest BCUT2D eigenvalue weighted by molar-refractivity contribution is 0.112. The molecule has 0 atom stereocenters. The van der Waals surface area contributed by atoms with Crippen LogP contribution in [0.5, 0.6) is 5.75 Å². The Morgan fingerprint density at radius 1 is 1.41 bits per heavy atom. The smallest absolute Gasteiger partial charge is 0.152 e. The molecular weight excluding hydrogens is 214 g/mol. The van der Waals surface area contributed by atoms with Gasteiger partial charge in [0.25, 0.3) is 0 Å². The lowest BCUT2D eigenvalue weighted by Gasteiger charge is -2.19. The number of hydrogen-bond acceptors (Lipinski definition) is 2. The third-order valence-corrected chi connectivity index (χ3v) is 3.09. The molecule has 0 amide bonds. The van der Waals surface area contributed by atoms with Crippen LogP contribution in [0.2, 0.25) is 0 Å². The number of allylic oxidation sites excluding steroid dienone is 1. The highest BCUT2D eigenvalue weighted by Gasteiger charge is 2.23. The fraction of sp³-hybridized carbons (Fsp3) is 0.214. The minimum Gasteiger partial charge on any atom is -0.508 e. The van der Waals surface area contributed by atoms with E-state index in [1.54, 1.807) is 24.3 Å². The molecule has 2 rings (SSSR count). The van der Waals surface area contributed by atoms with Crippen LogP contribution in [0.25, 0.3) is 10.9 Å². The van der Waals surface area contributed by atoms with Crippen LogP contribution >= 0.6 is 0 Å². The normalized spacial score (nSPS) is 11.6. The van der Waals surface area contributed by atoms with Gasteiger partial charge in [-0.3, -0.25) is 4.79 Å². The molecule has 17 heavy (non-hydrogen) atoms. The quantitative estimate of drug-likeness (QED) is 0.627. The van der Waals surface area contributed by atoms with E-state index in [1.165, 1.54) is 0 Å². The minimum absolute atomic E-state index is 0.180. The zero-order valence-electron chi connectivity index (χ0n) is 9.95. The van der Waals surface area contributed by atoms with Crippen molar-refractivity contribution in [3.63, 3.8) is 0 Å². The van der Waals surface area contributed by atoms with Gasteiger partial charge in [0, 0.05) is 28.1 Å². The summed E-state index contributed by atoms with van der Waals surface area (Å²) in [6.07, 6.45) is 2.64. The summed E-state index contributed by atoms with van der Waals surface area (Å²) in [5.74, 6) is 0.180. The second-order valence-corrected chi connectivity index (χ2v) is 4.69. The van der Waals surface area contributed by atoms with Crippen LogP contribution in [0.3, 0.4) is 0 Å². The summed E-state index contributed by atoms with van der Waals surface area (Å²) in [7, 11) is 0. The first kappa shape index (κ1) is 11.5. The number of aromatic hydroxyl groups is 1. The first-order chi connectivity index (χ1) is 7.99. The van der Waals surface area contributed by atoms with Crippen molar-refractivity contribution < 1.29 is 9.90 Å². The highest BCUT2D eigenvalue weighted by atomic mass is 16.3. The molecule has 3 nitrogen and oxygen atoms in total. The van der Waals surface area contributed by atoms with E-state index in [9.17, 15) is 9.90 Å². The average Bonchev–Trinajstić information content (AvgIpc) is 2.67. The molecule has 0 bridgehead atoms. The second-order valence-electron chi connectivity index (χ2n) is 4.69. The topological polar surface area (TPSA) is 53.1 Å². The summed E-state index contributed by atoms with van der Waals surface area (Å²) >= 11 is 0. The van der Waals surface area contributed by atoms with Gasteiger partial charge < -0.3 is 10.1 Å². The van der Waals surface area contributed by atoms with Crippen molar-refractivity contribution in [2.75, 3.05) is 0 Å². The van der Waals surface area contributed by atoms with E-state index in [-0.39, 0.29) is 11.2 Å². The third-order valence-electron chi connectivity index (χ3n) is 3.09. The maximum atomic E-state index is 11.2. The van der Waals surface area contributed by atoms with E-state index in [2.05, 4.69) is 11.6 Å². The van der Waals surface area contributed by atoms with Crippen LogP contribution in [0.4, 0.5) is 0 Å². The van der Waals surface area contributed by atoms with Crippen molar-refractivity contribution in [3.8, 4) is 5.75 Å². The number of phenols is 1. The van der Waals surface area contributed by atoms with Crippen molar-refractivity contribution in [3.05, 3.63) is 42.1 Å². The molecule has 0 fully saturated rings. The van der Waals surface area contributed by atoms with E-state index in [0.717, 1.165) is 22.9 Å². The fourth-order valence-electron chi connectivity index (χ4n) is 1.94. The van der Waals surface area contributed by atoms with Gasteiger partial charge in [-0.25, -0.2) is 0 Å². The number of H-pyrrole nitrogens is 1. The highest BCUT2D eigenvalue weighted by Crippen LogP contribution is 2.32. The molecule has 0 aliphatic rings. The summed E-state index contributed by atoms with van der Waals surface area (Å²) in [5, 5.41) is 10.3. The molecule has 0 aliphatic carbocycles. The molecule has 1 heterocycles. The molecule has 2 aromatic rings. The largest absolute Gasteiger partial charge is 0.508 e. The number of carbonyl (C=O) groups is 1. The maximum absolute atomic E-state index is 11.2. The van der Waals surface area contributed by atoms with E-state index in [4.69, 9.17) is 0 Å². The number of carbonyl (C=O) groups excluding carboxylic acids is 1. The summed E-state index contributed by atoms with van der Waals surface area (Å²) in [4.78, 5) is 14.4. The van der Waals surface area contributed by atoms with Crippen LogP contribution < -0.4 is 0 Å². The second kappa shape index (κ2) is 3.77. The van der Waals surface area contributed by atoms with Gasteiger partial charge in [0.1, 0.15) is 5.75 Å². The van der Waals surface area contributed by atoms with Crippen molar-refractivity contribution in [1.82, 2.24) is 4.98 Å².